The van der Waals surface area contributed by atoms with Crippen LogP contribution < -0.4 is 10.5 Å². The molecule has 106 valence electrons. The van der Waals surface area contributed by atoms with Crippen LogP contribution in [0.2, 0.25) is 5.02 Å². The Bertz CT molecular complexity index is 768. The van der Waals surface area contributed by atoms with Crippen LogP contribution in [-0.2, 0) is 10.0 Å². The van der Waals surface area contributed by atoms with Gasteiger partial charge < -0.3 is 5.73 Å². The fourth-order valence-electron chi connectivity index (χ4n) is 1.51. The third-order valence-corrected chi connectivity index (χ3v) is 4.93. The van der Waals surface area contributed by atoms with Crippen molar-refractivity contribution in [2.75, 3.05) is 10.5 Å². The van der Waals surface area contributed by atoms with Crippen LogP contribution in [0.5, 0.6) is 0 Å². The minimum absolute atomic E-state index is 0.227. The van der Waals surface area contributed by atoms with E-state index in [1.54, 1.807) is 18.2 Å². The topological polar surface area (TPSA) is 72.2 Å². The quantitative estimate of drug-likeness (QED) is 0.583. The zero-order chi connectivity index (χ0) is 14.9. The van der Waals surface area contributed by atoms with Crippen molar-refractivity contribution in [2.24, 2.45) is 0 Å². The molecule has 3 N–H and O–H groups in total. The van der Waals surface area contributed by atoms with Gasteiger partial charge in [-0.2, -0.15) is 0 Å². The van der Waals surface area contributed by atoms with Gasteiger partial charge in [0.2, 0.25) is 0 Å². The molecular weight excluding hydrogens is 418 g/mol. The van der Waals surface area contributed by atoms with Crippen molar-refractivity contribution in [2.45, 2.75) is 4.90 Å². The normalized spacial score (nSPS) is 11.3. The van der Waals surface area contributed by atoms with Crippen LogP contribution in [0.1, 0.15) is 0 Å². The van der Waals surface area contributed by atoms with Crippen LogP contribution in [-0.4, -0.2) is 8.42 Å². The summed E-state index contributed by atoms with van der Waals surface area (Å²) in [5.74, 6) is -0.761. The van der Waals surface area contributed by atoms with E-state index in [4.69, 9.17) is 17.3 Å². The van der Waals surface area contributed by atoms with Gasteiger partial charge in [0.25, 0.3) is 10.0 Å². The number of sulfonamides is 1. The molecule has 0 heterocycles. The maximum atomic E-state index is 13.2. The number of nitrogen functional groups attached to an aromatic ring is 1. The molecular formula is C12H9ClFIN2O2S. The molecule has 0 amide bonds. The van der Waals surface area contributed by atoms with Gasteiger partial charge in [0.1, 0.15) is 10.7 Å². The first-order valence-electron chi connectivity index (χ1n) is 5.32. The summed E-state index contributed by atoms with van der Waals surface area (Å²) < 4.78 is 40.9. The standard InChI is InChI=1S/C12H9ClFIN2O2S/c13-9-5-10(14)11(16)6-12(9)20(18,19)17-8-3-1-2-7(15)4-8/h1-6,17H,16H2. The van der Waals surface area contributed by atoms with Crippen LogP contribution in [0.3, 0.4) is 0 Å². The van der Waals surface area contributed by atoms with Crippen LogP contribution in [0.25, 0.3) is 0 Å². The summed E-state index contributed by atoms with van der Waals surface area (Å²) >= 11 is 7.82. The van der Waals surface area contributed by atoms with Gasteiger partial charge in [0.05, 0.1) is 10.7 Å². The van der Waals surface area contributed by atoms with E-state index in [1.165, 1.54) is 0 Å². The number of hydrogen-bond acceptors (Lipinski definition) is 3. The molecule has 0 aliphatic heterocycles. The highest BCUT2D eigenvalue weighted by Gasteiger charge is 2.20. The number of benzene rings is 2. The molecule has 0 aliphatic rings. The van der Waals surface area contributed by atoms with E-state index in [1.807, 2.05) is 6.07 Å². The number of nitrogens with two attached hydrogens (primary N) is 1. The zero-order valence-corrected chi connectivity index (χ0v) is 13.6. The molecule has 2 rings (SSSR count). The summed E-state index contributed by atoms with van der Waals surface area (Å²) in [7, 11) is -3.93. The predicted octanol–water partition coefficient (Wildman–Crippen LogP) is 3.47. The van der Waals surface area contributed by atoms with Crippen LogP contribution in [0.4, 0.5) is 15.8 Å². The van der Waals surface area contributed by atoms with Gasteiger partial charge in [-0.1, -0.05) is 17.7 Å². The van der Waals surface area contributed by atoms with Crippen LogP contribution in [0, 0.1) is 9.39 Å². The highest BCUT2D eigenvalue weighted by Crippen LogP contribution is 2.28. The number of nitrogens with one attached hydrogen (secondary N) is 1. The van der Waals surface area contributed by atoms with Gasteiger partial charge in [-0.15, -0.1) is 0 Å². The molecule has 0 aromatic heterocycles. The molecule has 0 spiro atoms. The second-order valence-electron chi connectivity index (χ2n) is 3.92. The summed E-state index contributed by atoms with van der Waals surface area (Å²) in [6.45, 7) is 0. The Morgan fingerprint density at radius 1 is 1.25 bits per heavy atom. The molecule has 4 nitrogen and oxygen atoms in total. The van der Waals surface area contributed by atoms with Crippen molar-refractivity contribution >= 4 is 55.6 Å². The molecule has 20 heavy (non-hydrogen) atoms. The molecule has 0 radical (unpaired) electrons. The van der Waals surface area contributed by atoms with Crippen molar-refractivity contribution < 1.29 is 12.8 Å². The molecule has 0 saturated carbocycles. The lowest BCUT2D eigenvalue weighted by molar-refractivity contribution is 0.600. The monoisotopic (exact) mass is 426 g/mol. The Morgan fingerprint density at radius 2 is 1.95 bits per heavy atom. The lowest BCUT2D eigenvalue weighted by Gasteiger charge is -2.10. The van der Waals surface area contributed by atoms with Gasteiger partial charge in [-0.3, -0.25) is 4.72 Å². The van der Waals surface area contributed by atoms with Crippen molar-refractivity contribution in [3.63, 3.8) is 0 Å². The number of anilines is 2. The largest absolute Gasteiger partial charge is 0.396 e. The minimum atomic E-state index is -3.93. The van der Waals surface area contributed by atoms with Crippen LogP contribution >= 0.6 is 34.2 Å². The number of halogens is 3. The second-order valence-corrected chi connectivity index (χ2v) is 7.22. The van der Waals surface area contributed by atoms with Gasteiger partial charge in [0.15, 0.2) is 0 Å². The average molecular weight is 427 g/mol. The Hall–Kier alpha value is -1.06. The van der Waals surface area contributed by atoms with Crippen molar-refractivity contribution in [3.8, 4) is 0 Å². The summed E-state index contributed by atoms with van der Waals surface area (Å²) in [6.07, 6.45) is 0. The van der Waals surface area contributed by atoms with E-state index in [-0.39, 0.29) is 15.6 Å². The van der Waals surface area contributed by atoms with E-state index in [0.29, 0.717) is 5.69 Å². The summed E-state index contributed by atoms with van der Waals surface area (Å²) in [4.78, 5) is -0.267. The third kappa shape index (κ3) is 3.33. The summed E-state index contributed by atoms with van der Waals surface area (Å²) in [5.41, 5.74) is 5.48. The van der Waals surface area contributed by atoms with Crippen molar-refractivity contribution in [1.29, 1.82) is 0 Å². The first kappa shape index (κ1) is 15.3. The van der Waals surface area contributed by atoms with E-state index < -0.39 is 15.8 Å². The van der Waals surface area contributed by atoms with Gasteiger partial charge >= 0.3 is 0 Å². The van der Waals surface area contributed by atoms with Crippen molar-refractivity contribution in [3.05, 3.63) is 50.8 Å². The SMILES string of the molecule is Nc1cc(S(=O)(=O)Nc2cccc(I)c2)c(Cl)cc1F. The Morgan fingerprint density at radius 3 is 2.60 bits per heavy atom. The third-order valence-electron chi connectivity index (χ3n) is 2.42. The van der Waals surface area contributed by atoms with E-state index >= 15 is 0 Å². The van der Waals surface area contributed by atoms with Crippen LogP contribution in [0.15, 0.2) is 41.3 Å². The minimum Gasteiger partial charge on any atom is -0.396 e. The Kier molecular flexibility index (Phi) is 4.40. The van der Waals surface area contributed by atoms with Gasteiger partial charge in [-0.05, 0) is 52.9 Å². The van der Waals surface area contributed by atoms with Crippen molar-refractivity contribution in [1.82, 2.24) is 0 Å². The van der Waals surface area contributed by atoms with E-state index in [0.717, 1.165) is 15.7 Å². The Balaban J connectivity index is 2.43. The molecule has 0 bridgehead atoms. The predicted molar refractivity (Wildman–Crippen MR) is 85.8 cm³/mol. The first-order valence-corrected chi connectivity index (χ1v) is 8.26. The molecule has 0 saturated heterocycles. The summed E-state index contributed by atoms with van der Waals surface area (Å²) in [6, 6.07) is 8.65. The molecule has 0 fully saturated rings. The molecule has 0 aliphatic carbocycles. The van der Waals surface area contributed by atoms with E-state index in [2.05, 4.69) is 27.3 Å². The maximum absolute atomic E-state index is 13.2. The molecule has 8 heteroatoms. The smallest absolute Gasteiger partial charge is 0.263 e. The van der Waals surface area contributed by atoms with E-state index in [9.17, 15) is 12.8 Å². The maximum Gasteiger partial charge on any atom is 0.263 e. The highest BCUT2D eigenvalue weighted by molar-refractivity contribution is 14.1. The molecule has 2 aromatic rings. The fourth-order valence-corrected chi connectivity index (χ4v) is 3.66. The Labute approximate surface area is 134 Å². The van der Waals surface area contributed by atoms with Gasteiger partial charge in [0, 0.05) is 9.26 Å². The molecule has 2 aromatic carbocycles. The summed E-state index contributed by atoms with van der Waals surface area (Å²) in [5, 5.41) is -0.227. The lowest BCUT2D eigenvalue weighted by Crippen LogP contribution is -2.14. The number of rotatable bonds is 3. The molecule has 0 unspecified atom stereocenters. The van der Waals surface area contributed by atoms with Gasteiger partial charge in [-0.25, -0.2) is 12.8 Å². The second kappa shape index (κ2) is 5.74. The number of hydrogen-bond donors (Lipinski definition) is 2. The zero-order valence-electron chi connectivity index (χ0n) is 9.90. The molecule has 0 atom stereocenters. The fraction of sp³-hybridized carbons (Fsp3) is 0. The lowest BCUT2D eigenvalue weighted by atomic mass is 10.3. The average Bonchev–Trinajstić information content (AvgIpc) is 2.33. The highest BCUT2D eigenvalue weighted by atomic mass is 127. The first-order chi connectivity index (χ1) is 9.29.